The number of aromatic nitrogens is 2. The summed E-state index contributed by atoms with van der Waals surface area (Å²) in [7, 11) is 0. The third kappa shape index (κ3) is 6.06. The standard InChI is InChI=1S/C54H34N2S/c1-3-14-36(15-4-1)44-26-27-47(46-20-10-9-19-45(44)46)51-34-50(55-54(56-51)37-16-5-2-6-17-37)43-31-41(39-24-23-35-13-7-8-18-38(35)29-39)30-42(32-43)40-25-28-53-49(33-40)48-21-11-12-22-52(48)57-53/h1-34H. The molecule has 0 aliphatic rings. The van der Waals surface area contributed by atoms with Gasteiger partial charge in [0.25, 0.3) is 0 Å². The molecule has 0 radical (unpaired) electrons. The molecule has 0 unspecified atom stereocenters. The fraction of sp³-hybridized carbons (Fsp3) is 0. The van der Waals surface area contributed by atoms with Crippen molar-refractivity contribution >= 4 is 53.1 Å². The number of fused-ring (bicyclic) bond motifs is 5. The van der Waals surface area contributed by atoms with Crippen LogP contribution >= 0.6 is 11.3 Å². The Bertz CT molecular complexity index is 3290. The number of hydrogen-bond acceptors (Lipinski definition) is 3. The average Bonchev–Trinajstić information content (AvgIpc) is 3.67. The summed E-state index contributed by atoms with van der Waals surface area (Å²) in [6.45, 7) is 0. The normalized spacial score (nSPS) is 11.5. The van der Waals surface area contributed by atoms with Gasteiger partial charge in [-0.3, -0.25) is 0 Å². The molecular formula is C54H34N2S. The maximum absolute atomic E-state index is 5.34. The molecule has 0 N–H and O–H groups in total. The van der Waals surface area contributed by atoms with Crippen molar-refractivity contribution in [3.8, 4) is 67.3 Å². The van der Waals surface area contributed by atoms with E-state index in [9.17, 15) is 0 Å². The molecule has 9 aromatic carbocycles. The maximum Gasteiger partial charge on any atom is 0.160 e. The second-order valence-electron chi connectivity index (χ2n) is 14.6. The molecule has 0 amide bonds. The first-order valence-electron chi connectivity index (χ1n) is 19.3. The van der Waals surface area contributed by atoms with Crippen LogP contribution in [0.1, 0.15) is 0 Å². The highest BCUT2D eigenvalue weighted by Crippen LogP contribution is 2.41. The molecule has 2 aromatic heterocycles. The quantitative estimate of drug-likeness (QED) is 0.170. The van der Waals surface area contributed by atoms with E-state index in [4.69, 9.17) is 9.97 Å². The molecule has 0 spiro atoms. The first kappa shape index (κ1) is 33.2. The lowest BCUT2D eigenvalue weighted by atomic mass is 9.92. The van der Waals surface area contributed by atoms with Crippen LogP contribution in [0.2, 0.25) is 0 Å². The van der Waals surface area contributed by atoms with E-state index < -0.39 is 0 Å². The molecule has 11 rings (SSSR count). The Morgan fingerprint density at radius 2 is 0.842 bits per heavy atom. The number of thiophene rings is 1. The minimum absolute atomic E-state index is 0.697. The third-order valence-electron chi connectivity index (χ3n) is 11.1. The summed E-state index contributed by atoms with van der Waals surface area (Å²) in [6, 6.07) is 74.1. The van der Waals surface area contributed by atoms with Gasteiger partial charge in [-0.1, -0.05) is 158 Å². The average molecular weight is 743 g/mol. The van der Waals surface area contributed by atoms with Crippen molar-refractivity contribution in [2.24, 2.45) is 0 Å². The van der Waals surface area contributed by atoms with Crippen LogP contribution in [0, 0.1) is 0 Å². The van der Waals surface area contributed by atoms with E-state index in [1.807, 2.05) is 17.4 Å². The molecule has 0 fully saturated rings. The Morgan fingerprint density at radius 1 is 0.281 bits per heavy atom. The van der Waals surface area contributed by atoms with Crippen molar-refractivity contribution in [1.29, 1.82) is 0 Å². The van der Waals surface area contributed by atoms with Crippen LogP contribution in [0.3, 0.4) is 0 Å². The minimum atomic E-state index is 0.697. The molecule has 3 heteroatoms. The fourth-order valence-electron chi connectivity index (χ4n) is 8.22. The maximum atomic E-state index is 5.34. The first-order chi connectivity index (χ1) is 28.2. The number of rotatable bonds is 6. The van der Waals surface area contributed by atoms with Crippen molar-refractivity contribution in [2.45, 2.75) is 0 Å². The number of nitrogens with zero attached hydrogens (tertiary/aromatic N) is 2. The predicted molar refractivity (Wildman–Crippen MR) is 243 cm³/mol. The number of hydrogen-bond donors (Lipinski definition) is 0. The topological polar surface area (TPSA) is 25.8 Å². The third-order valence-corrected chi connectivity index (χ3v) is 12.2. The molecule has 0 atom stereocenters. The Hall–Kier alpha value is -7.20. The highest BCUT2D eigenvalue weighted by Gasteiger charge is 2.17. The smallest absolute Gasteiger partial charge is 0.160 e. The van der Waals surface area contributed by atoms with Gasteiger partial charge >= 0.3 is 0 Å². The molecule has 2 heterocycles. The van der Waals surface area contributed by atoms with Crippen LogP contribution < -0.4 is 0 Å². The van der Waals surface area contributed by atoms with Gasteiger partial charge in [0.1, 0.15) is 0 Å². The summed E-state index contributed by atoms with van der Waals surface area (Å²) >= 11 is 1.85. The molecule has 11 aromatic rings. The fourth-order valence-corrected chi connectivity index (χ4v) is 9.31. The van der Waals surface area contributed by atoms with Gasteiger partial charge in [-0.05, 0) is 103 Å². The van der Waals surface area contributed by atoms with Gasteiger partial charge in [-0.2, -0.15) is 0 Å². The van der Waals surface area contributed by atoms with E-state index in [2.05, 4.69) is 200 Å². The number of benzene rings is 9. The summed E-state index contributed by atoms with van der Waals surface area (Å²) in [4.78, 5) is 10.6. The summed E-state index contributed by atoms with van der Waals surface area (Å²) in [5.41, 5.74) is 11.9. The van der Waals surface area contributed by atoms with E-state index in [-0.39, 0.29) is 0 Å². The zero-order valence-electron chi connectivity index (χ0n) is 30.9. The Kier molecular flexibility index (Phi) is 8.04. The van der Waals surface area contributed by atoms with E-state index in [0.29, 0.717) is 5.82 Å². The zero-order valence-corrected chi connectivity index (χ0v) is 31.7. The van der Waals surface area contributed by atoms with E-state index in [0.717, 1.165) is 44.6 Å². The highest BCUT2D eigenvalue weighted by atomic mass is 32.1. The SMILES string of the molecule is c1ccc(-c2nc(-c3cc(-c4ccc5ccccc5c4)cc(-c4ccc5sc6ccccc6c5c4)c3)cc(-c3ccc(-c4ccccc4)c4ccccc34)n2)cc1. The van der Waals surface area contributed by atoms with Gasteiger partial charge in [-0.15, -0.1) is 11.3 Å². The van der Waals surface area contributed by atoms with E-state index >= 15 is 0 Å². The summed E-state index contributed by atoms with van der Waals surface area (Å²) in [5.74, 6) is 0.697. The molecule has 0 aliphatic carbocycles. The lowest BCUT2D eigenvalue weighted by Gasteiger charge is -2.15. The zero-order chi connectivity index (χ0) is 37.7. The minimum Gasteiger partial charge on any atom is -0.228 e. The molecule has 57 heavy (non-hydrogen) atoms. The van der Waals surface area contributed by atoms with Crippen LogP contribution in [0.25, 0.3) is 109 Å². The van der Waals surface area contributed by atoms with Crippen LogP contribution in [0.5, 0.6) is 0 Å². The van der Waals surface area contributed by atoms with Crippen molar-refractivity contribution in [3.63, 3.8) is 0 Å². The molecule has 0 saturated heterocycles. The van der Waals surface area contributed by atoms with Crippen LogP contribution in [-0.2, 0) is 0 Å². The molecule has 0 saturated carbocycles. The monoisotopic (exact) mass is 742 g/mol. The Balaban J connectivity index is 1.14. The van der Waals surface area contributed by atoms with Crippen molar-refractivity contribution in [2.75, 3.05) is 0 Å². The van der Waals surface area contributed by atoms with Crippen molar-refractivity contribution < 1.29 is 0 Å². The van der Waals surface area contributed by atoms with Crippen molar-refractivity contribution in [3.05, 3.63) is 206 Å². The molecule has 2 nitrogen and oxygen atoms in total. The van der Waals surface area contributed by atoms with Gasteiger partial charge < -0.3 is 0 Å². The Morgan fingerprint density at radius 3 is 1.63 bits per heavy atom. The Labute approximate surface area is 335 Å². The molecule has 266 valence electrons. The second-order valence-corrected chi connectivity index (χ2v) is 15.7. The van der Waals surface area contributed by atoms with Gasteiger partial charge in [0, 0.05) is 36.9 Å². The molecule has 0 bridgehead atoms. The van der Waals surface area contributed by atoms with Crippen LogP contribution in [0.4, 0.5) is 0 Å². The van der Waals surface area contributed by atoms with Gasteiger partial charge in [-0.25, -0.2) is 9.97 Å². The predicted octanol–water partition coefficient (Wildman–Crippen LogP) is 15.2. The largest absolute Gasteiger partial charge is 0.228 e. The van der Waals surface area contributed by atoms with Crippen molar-refractivity contribution in [1.82, 2.24) is 9.97 Å². The lowest BCUT2D eigenvalue weighted by molar-refractivity contribution is 1.18. The van der Waals surface area contributed by atoms with Crippen LogP contribution in [0.15, 0.2) is 206 Å². The van der Waals surface area contributed by atoms with E-state index in [1.54, 1.807) is 0 Å². The summed E-state index contributed by atoms with van der Waals surface area (Å²) < 4.78 is 2.60. The van der Waals surface area contributed by atoms with Crippen LogP contribution in [-0.4, -0.2) is 9.97 Å². The van der Waals surface area contributed by atoms with Gasteiger partial charge in [0.2, 0.25) is 0 Å². The lowest BCUT2D eigenvalue weighted by Crippen LogP contribution is -1.97. The van der Waals surface area contributed by atoms with Gasteiger partial charge in [0.15, 0.2) is 5.82 Å². The molecular weight excluding hydrogens is 709 g/mol. The summed E-state index contributed by atoms with van der Waals surface area (Å²) in [6.07, 6.45) is 0. The van der Waals surface area contributed by atoms with E-state index in [1.165, 1.54) is 58.6 Å². The highest BCUT2D eigenvalue weighted by molar-refractivity contribution is 7.25. The van der Waals surface area contributed by atoms with Gasteiger partial charge in [0.05, 0.1) is 11.4 Å². The molecule has 0 aliphatic heterocycles. The summed E-state index contributed by atoms with van der Waals surface area (Å²) in [5, 5.41) is 7.38. The first-order valence-corrected chi connectivity index (χ1v) is 20.1. The second kappa shape index (κ2) is 13.8.